The van der Waals surface area contributed by atoms with Crippen LogP contribution in [0.4, 0.5) is 9.18 Å². The summed E-state index contributed by atoms with van der Waals surface area (Å²) in [7, 11) is 1.50. The van der Waals surface area contributed by atoms with E-state index < -0.39 is 24.2 Å². The monoisotopic (exact) mass is 495 g/mol. The minimum absolute atomic E-state index is 0.140. The Morgan fingerprint density at radius 2 is 2.06 bits per heavy atom. The van der Waals surface area contributed by atoms with Crippen LogP contribution in [0.25, 0.3) is 10.9 Å². The Morgan fingerprint density at radius 3 is 2.83 bits per heavy atom. The second kappa shape index (κ2) is 11.2. The van der Waals surface area contributed by atoms with E-state index in [1.54, 1.807) is 6.07 Å². The van der Waals surface area contributed by atoms with E-state index in [2.05, 4.69) is 20.6 Å². The predicted octanol–water partition coefficient (Wildman–Crippen LogP) is 3.50. The van der Waals surface area contributed by atoms with Crippen LogP contribution in [-0.2, 0) is 6.42 Å². The molecule has 1 aliphatic rings. The lowest BCUT2D eigenvalue weighted by atomic mass is 9.96. The molecule has 3 heterocycles. The molecule has 0 spiro atoms. The lowest BCUT2D eigenvalue weighted by Crippen LogP contribution is -2.49. The highest BCUT2D eigenvalue weighted by Crippen LogP contribution is 2.24. The number of hydrogen-bond donors (Lipinski definition) is 4. The highest BCUT2D eigenvalue weighted by Gasteiger charge is 2.33. The van der Waals surface area contributed by atoms with Gasteiger partial charge in [0.25, 0.3) is 11.8 Å². The quantitative estimate of drug-likeness (QED) is 0.356. The summed E-state index contributed by atoms with van der Waals surface area (Å²) in [6, 6.07) is 10.3. The third-order valence-electron chi connectivity index (χ3n) is 6.56. The van der Waals surface area contributed by atoms with Gasteiger partial charge in [-0.2, -0.15) is 0 Å². The van der Waals surface area contributed by atoms with Crippen LogP contribution in [0, 0.1) is 0 Å². The number of aromatic amines is 1. The second-order valence-corrected chi connectivity index (χ2v) is 8.94. The van der Waals surface area contributed by atoms with Gasteiger partial charge in [0.2, 0.25) is 0 Å². The van der Waals surface area contributed by atoms with Crippen LogP contribution in [-0.4, -0.2) is 70.2 Å². The molecule has 0 bridgehead atoms. The van der Waals surface area contributed by atoms with Crippen molar-refractivity contribution in [2.75, 3.05) is 20.1 Å². The van der Waals surface area contributed by atoms with Crippen molar-refractivity contribution in [3.05, 3.63) is 65.1 Å². The molecule has 190 valence electrons. The Balaban J connectivity index is 1.44. The van der Waals surface area contributed by atoms with Gasteiger partial charge in [-0.3, -0.25) is 9.59 Å². The van der Waals surface area contributed by atoms with Crippen LogP contribution in [0.2, 0.25) is 0 Å². The predicted molar refractivity (Wildman–Crippen MR) is 133 cm³/mol. The lowest BCUT2D eigenvalue weighted by Gasteiger charge is -2.36. The number of carbonyl (C=O) groups is 3. The number of benzene rings is 1. The van der Waals surface area contributed by atoms with Gasteiger partial charge in [-0.05, 0) is 55.5 Å². The van der Waals surface area contributed by atoms with Crippen molar-refractivity contribution in [1.29, 1.82) is 0 Å². The van der Waals surface area contributed by atoms with Gasteiger partial charge >= 0.3 is 6.09 Å². The third-order valence-corrected chi connectivity index (χ3v) is 6.56. The molecule has 0 radical (unpaired) electrons. The van der Waals surface area contributed by atoms with Crippen LogP contribution in [0.5, 0.6) is 0 Å². The number of amides is 3. The number of carbonyl (C=O) groups excluding carboxylic acids is 2. The van der Waals surface area contributed by atoms with E-state index in [1.165, 1.54) is 13.1 Å². The Bertz CT molecular complexity index is 1260. The van der Waals surface area contributed by atoms with Gasteiger partial charge in [-0.15, -0.1) is 0 Å². The van der Waals surface area contributed by atoms with E-state index >= 15 is 0 Å². The number of aromatic nitrogens is 2. The number of pyridine rings is 1. The zero-order chi connectivity index (χ0) is 25.7. The number of nitrogens with zero attached hydrogens (tertiary/aromatic N) is 2. The van der Waals surface area contributed by atoms with E-state index in [4.69, 9.17) is 0 Å². The first-order chi connectivity index (χ1) is 17.4. The van der Waals surface area contributed by atoms with Crippen molar-refractivity contribution in [3.8, 4) is 0 Å². The first-order valence-electron chi connectivity index (χ1n) is 12.1. The van der Waals surface area contributed by atoms with Crippen LogP contribution in [0.1, 0.15) is 57.8 Å². The molecule has 1 saturated heterocycles. The summed E-state index contributed by atoms with van der Waals surface area (Å²) in [5.41, 5.74) is 3.02. The van der Waals surface area contributed by atoms with E-state index in [0.29, 0.717) is 49.9 Å². The van der Waals surface area contributed by atoms with Crippen molar-refractivity contribution in [2.24, 2.45) is 0 Å². The first-order valence-corrected chi connectivity index (χ1v) is 12.1. The fourth-order valence-corrected chi connectivity index (χ4v) is 4.75. The van der Waals surface area contributed by atoms with Gasteiger partial charge in [0, 0.05) is 54.9 Å². The summed E-state index contributed by atoms with van der Waals surface area (Å²) in [4.78, 5) is 45.4. The standard InChI is InChI=1S/C26H30FN5O4/c1-28-25(34)22-15-17(14-18(31-22)13-16-5-2-7-21-19(16)9-11-29-21)24(33)30-10-3-8-23-20(27)6-4-12-32(23)26(35)36/h2,5,7,9,11,14-15,20,23,29H,3-4,6,8,10,12-13H2,1H3,(H,28,34)(H,30,33)(H,35,36). The number of H-pyrrole nitrogens is 1. The summed E-state index contributed by atoms with van der Waals surface area (Å²) in [6.45, 7) is 0.580. The Morgan fingerprint density at radius 1 is 1.22 bits per heavy atom. The molecule has 1 aliphatic heterocycles. The number of hydrogen-bond acceptors (Lipinski definition) is 4. The minimum Gasteiger partial charge on any atom is -0.465 e. The molecule has 1 fully saturated rings. The van der Waals surface area contributed by atoms with Gasteiger partial charge in [0.15, 0.2) is 0 Å². The lowest BCUT2D eigenvalue weighted by molar-refractivity contribution is 0.0555. The molecule has 0 saturated carbocycles. The van der Waals surface area contributed by atoms with Crippen molar-refractivity contribution in [2.45, 2.75) is 44.3 Å². The number of likely N-dealkylation sites (tertiary alicyclic amines) is 1. The summed E-state index contributed by atoms with van der Waals surface area (Å²) in [5, 5.41) is 15.7. The van der Waals surface area contributed by atoms with E-state index in [0.717, 1.165) is 21.4 Å². The highest BCUT2D eigenvalue weighted by molar-refractivity contribution is 5.98. The number of alkyl halides is 1. The summed E-state index contributed by atoms with van der Waals surface area (Å²) >= 11 is 0. The van der Waals surface area contributed by atoms with Crippen LogP contribution in [0.15, 0.2) is 42.6 Å². The number of piperidine rings is 1. The number of rotatable bonds is 8. The molecule has 36 heavy (non-hydrogen) atoms. The summed E-state index contributed by atoms with van der Waals surface area (Å²) < 4.78 is 14.3. The Kier molecular flexibility index (Phi) is 7.82. The topological polar surface area (TPSA) is 127 Å². The smallest absolute Gasteiger partial charge is 0.407 e. The first kappa shape index (κ1) is 25.2. The maximum atomic E-state index is 14.3. The largest absolute Gasteiger partial charge is 0.465 e. The zero-order valence-corrected chi connectivity index (χ0v) is 20.1. The average Bonchev–Trinajstić information content (AvgIpc) is 3.36. The van der Waals surface area contributed by atoms with Crippen molar-refractivity contribution < 1.29 is 23.9 Å². The summed E-state index contributed by atoms with van der Waals surface area (Å²) in [6.07, 6.45) is 1.58. The van der Waals surface area contributed by atoms with Crippen molar-refractivity contribution in [1.82, 2.24) is 25.5 Å². The van der Waals surface area contributed by atoms with Crippen LogP contribution in [0.3, 0.4) is 0 Å². The SMILES string of the molecule is CNC(=O)c1cc(C(=O)NCCCC2C(F)CCCN2C(=O)O)cc(Cc2cccc3[nH]ccc23)n1. The fraction of sp³-hybridized carbons (Fsp3) is 0.385. The normalized spacial score (nSPS) is 17.7. The maximum absolute atomic E-state index is 14.3. The van der Waals surface area contributed by atoms with Gasteiger partial charge in [0.05, 0.1) is 6.04 Å². The van der Waals surface area contributed by atoms with Gasteiger partial charge in [0.1, 0.15) is 11.9 Å². The van der Waals surface area contributed by atoms with E-state index in [1.807, 2.05) is 30.5 Å². The molecular weight excluding hydrogens is 465 g/mol. The van der Waals surface area contributed by atoms with E-state index in [-0.39, 0.29) is 18.1 Å². The molecule has 9 nitrogen and oxygen atoms in total. The Hall–Kier alpha value is -3.95. The molecule has 1 aromatic carbocycles. The zero-order valence-electron chi connectivity index (χ0n) is 20.1. The molecule has 0 aliphatic carbocycles. The number of nitrogens with one attached hydrogen (secondary N) is 3. The van der Waals surface area contributed by atoms with Crippen molar-refractivity contribution in [3.63, 3.8) is 0 Å². The number of fused-ring (bicyclic) bond motifs is 1. The van der Waals surface area contributed by atoms with Gasteiger partial charge in [-0.1, -0.05) is 12.1 Å². The third kappa shape index (κ3) is 5.64. The second-order valence-electron chi connectivity index (χ2n) is 8.94. The number of carboxylic acid groups (broad SMARTS) is 1. The number of halogens is 1. The van der Waals surface area contributed by atoms with Crippen LogP contribution >= 0.6 is 0 Å². The molecule has 2 atom stereocenters. The average molecular weight is 496 g/mol. The highest BCUT2D eigenvalue weighted by atomic mass is 19.1. The molecule has 4 rings (SSSR count). The minimum atomic E-state index is -1.20. The molecule has 10 heteroatoms. The van der Waals surface area contributed by atoms with Crippen molar-refractivity contribution >= 4 is 28.8 Å². The van der Waals surface area contributed by atoms with Crippen LogP contribution < -0.4 is 10.6 Å². The fourth-order valence-electron chi connectivity index (χ4n) is 4.75. The molecule has 2 aromatic heterocycles. The van der Waals surface area contributed by atoms with E-state index in [9.17, 15) is 23.9 Å². The molecule has 3 amide bonds. The molecule has 2 unspecified atom stereocenters. The molecule has 4 N–H and O–H groups in total. The Labute approximate surface area is 208 Å². The van der Waals surface area contributed by atoms with Gasteiger partial charge < -0.3 is 25.6 Å². The summed E-state index contributed by atoms with van der Waals surface area (Å²) in [5.74, 6) is -0.773. The van der Waals surface area contributed by atoms with Gasteiger partial charge in [-0.25, -0.2) is 14.2 Å². The molecule has 3 aromatic rings. The maximum Gasteiger partial charge on any atom is 0.407 e. The molecular formula is C26H30FN5O4.